The number of nitrogens with one attached hydrogen (secondary N) is 2. The van der Waals surface area contributed by atoms with Gasteiger partial charge in [-0.3, -0.25) is 5.32 Å². The molecule has 1 aromatic carbocycles. The molecule has 0 unspecified atom stereocenters. The number of urea groups is 1. The van der Waals surface area contributed by atoms with Crippen molar-refractivity contribution in [2.24, 2.45) is 0 Å². The zero-order valence-corrected chi connectivity index (χ0v) is 11.8. The Morgan fingerprint density at radius 2 is 2.00 bits per heavy atom. The molecule has 21 heavy (non-hydrogen) atoms. The van der Waals surface area contributed by atoms with Gasteiger partial charge in [0.2, 0.25) is 0 Å². The van der Waals surface area contributed by atoms with E-state index in [1.165, 1.54) is 17.4 Å². The lowest BCUT2D eigenvalue weighted by Gasteiger charge is -2.08. The van der Waals surface area contributed by atoms with Crippen LogP contribution in [0.3, 0.4) is 0 Å². The number of aromatic carboxylic acids is 1. The van der Waals surface area contributed by atoms with Crippen LogP contribution in [0.25, 0.3) is 0 Å². The van der Waals surface area contributed by atoms with Gasteiger partial charge in [0.25, 0.3) is 0 Å². The quantitative estimate of drug-likeness (QED) is 0.807. The number of carbonyl (C=O) groups excluding carboxylic acids is 1. The molecule has 1 aliphatic rings. The first-order chi connectivity index (χ1) is 10.1. The second-order valence-electron chi connectivity index (χ2n) is 4.78. The molecular weight excluding hydrogens is 290 g/mol. The van der Waals surface area contributed by atoms with Crippen molar-refractivity contribution in [3.63, 3.8) is 0 Å². The minimum atomic E-state index is -1.09. The molecule has 0 saturated heterocycles. The van der Waals surface area contributed by atoms with E-state index >= 15 is 0 Å². The van der Waals surface area contributed by atoms with Gasteiger partial charge >= 0.3 is 12.0 Å². The number of thiazole rings is 1. The standard InChI is InChI=1S/C14H13N3O3S/c18-12(19)9-3-1-2-4-10(9)15-13(20)17-14-16-11(7-21-14)8-5-6-8/h1-4,7-8H,5-6H2,(H,18,19)(H2,15,16,17,20). The van der Waals surface area contributed by atoms with Crippen molar-refractivity contribution in [1.82, 2.24) is 4.98 Å². The Kier molecular flexibility index (Phi) is 3.57. The van der Waals surface area contributed by atoms with E-state index in [0.29, 0.717) is 11.0 Å². The van der Waals surface area contributed by atoms with Crippen molar-refractivity contribution >= 4 is 34.2 Å². The van der Waals surface area contributed by atoms with Gasteiger partial charge in [0.15, 0.2) is 5.13 Å². The van der Waals surface area contributed by atoms with E-state index in [1.54, 1.807) is 18.2 Å². The molecule has 3 rings (SSSR count). The Hall–Kier alpha value is -2.41. The molecule has 2 amide bonds. The Morgan fingerprint density at radius 1 is 1.24 bits per heavy atom. The van der Waals surface area contributed by atoms with Gasteiger partial charge in [-0.15, -0.1) is 11.3 Å². The number of para-hydroxylation sites is 1. The molecule has 0 radical (unpaired) electrons. The maximum Gasteiger partial charge on any atom is 0.337 e. The molecule has 6 nitrogen and oxygen atoms in total. The molecule has 0 bridgehead atoms. The van der Waals surface area contributed by atoms with Crippen molar-refractivity contribution in [2.75, 3.05) is 10.6 Å². The zero-order chi connectivity index (χ0) is 14.8. The van der Waals surface area contributed by atoms with E-state index in [1.807, 2.05) is 5.38 Å². The van der Waals surface area contributed by atoms with Crippen LogP contribution in [0.4, 0.5) is 15.6 Å². The van der Waals surface area contributed by atoms with Crippen LogP contribution in [-0.4, -0.2) is 22.1 Å². The van der Waals surface area contributed by atoms with E-state index in [2.05, 4.69) is 15.6 Å². The van der Waals surface area contributed by atoms with Gasteiger partial charge in [-0.1, -0.05) is 12.1 Å². The summed E-state index contributed by atoms with van der Waals surface area (Å²) in [6.45, 7) is 0. The highest BCUT2D eigenvalue weighted by Gasteiger charge is 2.26. The summed E-state index contributed by atoms with van der Waals surface area (Å²) in [6, 6.07) is 5.75. The van der Waals surface area contributed by atoms with Gasteiger partial charge in [0.1, 0.15) is 0 Å². The summed E-state index contributed by atoms with van der Waals surface area (Å²) in [6.07, 6.45) is 2.31. The lowest BCUT2D eigenvalue weighted by atomic mass is 10.2. The predicted molar refractivity (Wildman–Crippen MR) is 80.1 cm³/mol. The minimum absolute atomic E-state index is 0.0467. The summed E-state index contributed by atoms with van der Waals surface area (Å²) >= 11 is 1.37. The van der Waals surface area contributed by atoms with E-state index in [4.69, 9.17) is 5.11 Å². The largest absolute Gasteiger partial charge is 0.478 e. The number of aromatic nitrogens is 1. The van der Waals surface area contributed by atoms with Crippen LogP contribution in [0.5, 0.6) is 0 Å². The topological polar surface area (TPSA) is 91.3 Å². The third-order valence-electron chi connectivity index (χ3n) is 3.14. The maximum absolute atomic E-state index is 11.9. The normalized spacial score (nSPS) is 13.7. The number of anilines is 2. The average molecular weight is 303 g/mol. The number of hydrogen-bond donors (Lipinski definition) is 3. The monoisotopic (exact) mass is 303 g/mol. The SMILES string of the molecule is O=C(Nc1nc(C2CC2)cs1)Nc1ccccc1C(=O)O. The number of carbonyl (C=O) groups is 2. The van der Waals surface area contributed by atoms with Gasteiger partial charge in [-0.2, -0.15) is 0 Å². The Bertz CT molecular complexity index is 694. The maximum atomic E-state index is 11.9. The molecule has 3 N–H and O–H groups in total. The molecule has 108 valence electrons. The third-order valence-corrected chi connectivity index (χ3v) is 3.92. The van der Waals surface area contributed by atoms with Crippen LogP contribution in [0.1, 0.15) is 34.8 Å². The first-order valence-corrected chi connectivity index (χ1v) is 7.37. The van der Waals surface area contributed by atoms with E-state index in [-0.39, 0.29) is 11.3 Å². The summed E-state index contributed by atoms with van der Waals surface area (Å²) in [5.41, 5.74) is 1.31. The summed E-state index contributed by atoms with van der Waals surface area (Å²) in [7, 11) is 0. The smallest absolute Gasteiger partial charge is 0.337 e. The molecule has 7 heteroatoms. The Labute approximate surface area is 124 Å². The third kappa shape index (κ3) is 3.19. The fourth-order valence-electron chi connectivity index (χ4n) is 1.94. The van der Waals surface area contributed by atoms with Crippen molar-refractivity contribution in [3.05, 3.63) is 40.9 Å². The molecule has 1 aromatic heterocycles. The van der Waals surface area contributed by atoms with E-state index in [0.717, 1.165) is 18.5 Å². The van der Waals surface area contributed by atoms with Gasteiger partial charge in [0.05, 0.1) is 16.9 Å². The van der Waals surface area contributed by atoms with Crippen LogP contribution in [0.15, 0.2) is 29.6 Å². The number of hydrogen-bond acceptors (Lipinski definition) is 4. The van der Waals surface area contributed by atoms with Crippen LogP contribution in [0, 0.1) is 0 Å². The van der Waals surface area contributed by atoms with E-state index < -0.39 is 12.0 Å². The highest BCUT2D eigenvalue weighted by Crippen LogP contribution is 2.40. The second kappa shape index (κ2) is 5.53. The van der Waals surface area contributed by atoms with Gasteiger partial charge in [0, 0.05) is 11.3 Å². The second-order valence-corrected chi connectivity index (χ2v) is 5.64. The number of rotatable bonds is 4. The molecule has 1 fully saturated rings. The van der Waals surface area contributed by atoms with E-state index in [9.17, 15) is 9.59 Å². The van der Waals surface area contributed by atoms with Crippen LogP contribution >= 0.6 is 11.3 Å². The highest BCUT2D eigenvalue weighted by molar-refractivity contribution is 7.14. The molecular formula is C14H13N3O3S. The van der Waals surface area contributed by atoms with Crippen LogP contribution in [-0.2, 0) is 0 Å². The average Bonchev–Trinajstić information content (AvgIpc) is 3.20. The molecule has 0 aliphatic heterocycles. The van der Waals surface area contributed by atoms with Crippen molar-refractivity contribution in [3.8, 4) is 0 Å². The molecule has 0 spiro atoms. The highest BCUT2D eigenvalue weighted by atomic mass is 32.1. The summed E-state index contributed by atoms with van der Waals surface area (Å²) < 4.78 is 0. The number of benzene rings is 1. The molecule has 1 saturated carbocycles. The lowest BCUT2D eigenvalue weighted by molar-refractivity contribution is 0.0698. The first kappa shape index (κ1) is 13.6. The van der Waals surface area contributed by atoms with Crippen LogP contribution in [0.2, 0.25) is 0 Å². The summed E-state index contributed by atoms with van der Waals surface area (Å²) in [4.78, 5) is 27.3. The van der Waals surface area contributed by atoms with Crippen molar-refractivity contribution in [1.29, 1.82) is 0 Å². The fraction of sp³-hybridized carbons (Fsp3) is 0.214. The number of carboxylic acid groups (broad SMARTS) is 1. The first-order valence-electron chi connectivity index (χ1n) is 6.49. The Morgan fingerprint density at radius 3 is 2.71 bits per heavy atom. The predicted octanol–water partition coefficient (Wildman–Crippen LogP) is 3.36. The molecule has 2 aromatic rings. The zero-order valence-electron chi connectivity index (χ0n) is 11.0. The molecule has 0 atom stereocenters. The van der Waals surface area contributed by atoms with Crippen molar-refractivity contribution < 1.29 is 14.7 Å². The number of carboxylic acids is 1. The van der Waals surface area contributed by atoms with Gasteiger partial charge in [-0.05, 0) is 25.0 Å². The van der Waals surface area contributed by atoms with Gasteiger partial charge < -0.3 is 10.4 Å². The Balaban J connectivity index is 1.67. The minimum Gasteiger partial charge on any atom is -0.478 e. The molecule has 1 aliphatic carbocycles. The van der Waals surface area contributed by atoms with Crippen molar-refractivity contribution in [2.45, 2.75) is 18.8 Å². The van der Waals surface area contributed by atoms with Gasteiger partial charge in [-0.25, -0.2) is 14.6 Å². The number of nitrogens with zero attached hydrogens (tertiary/aromatic N) is 1. The summed E-state index contributed by atoms with van der Waals surface area (Å²) in [5.74, 6) is -0.552. The van der Waals surface area contributed by atoms with Crippen LogP contribution < -0.4 is 10.6 Å². The number of amides is 2. The summed E-state index contributed by atoms with van der Waals surface area (Å²) in [5, 5.41) is 16.7. The fourth-order valence-corrected chi connectivity index (χ4v) is 2.73. The molecule has 1 heterocycles. The lowest BCUT2D eigenvalue weighted by Crippen LogP contribution is -2.20.